The first-order chi connectivity index (χ1) is 10.9. The molecule has 2 saturated heterocycles. The minimum Gasteiger partial charge on any atom is -0.375 e. The predicted octanol–water partition coefficient (Wildman–Crippen LogP) is 2.22. The van der Waals surface area contributed by atoms with E-state index in [9.17, 15) is 8.42 Å². The monoisotopic (exact) mass is 338 g/mol. The lowest BCUT2D eigenvalue weighted by molar-refractivity contribution is -0.110. The summed E-state index contributed by atoms with van der Waals surface area (Å²) in [4.78, 5) is 0. The fourth-order valence-corrected chi connectivity index (χ4v) is 4.85. The Kier molecular flexibility index (Phi) is 4.78. The predicted molar refractivity (Wildman–Crippen MR) is 90.5 cm³/mol. The highest BCUT2D eigenvalue weighted by Crippen LogP contribution is 2.42. The molecule has 2 fully saturated rings. The molecule has 6 heteroatoms. The van der Waals surface area contributed by atoms with Gasteiger partial charge < -0.3 is 4.74 Å². The van der Waals surface area contributed by atoms with Crippen LogP contribution in [-0.4, -0.2) is 56.4 Å². The van der Waals surface area contributed by atoms with Crippen LogP contribution in [0, 0.1) is 0 Å². The maximum atomic E-state index is 12.3. The molecule has 1 spiro atoms. The van der Waals surface area contributed by atoms with Crippen molar-refractivity contribution in [2.75, 3.05) is 33.8 Å². The minimum atomic E-state index is -3.31. The molecule has 23 heavy (non-hydrogen) atoms. The average Bonchev–Trinajstić information content (AvgIpc) is 2.56. The summed E-state index contributed by atoms with van der Waals surface area (Å²) in [6.45, 7) is 1.85. The minimum absolute atomic E-state index is 0.156. The second-order valence-electron chi connectivity index (χ2n) is 6.82. The van der Waals surface area contributed by atoms with Crippen molar-refractivity contribution in [1.29, 1.82) is 0 Å². The van der Waals surface area contributed by atoms with Gasteiger partial charge >= 0.3 is 0 Å². The number of benzene rings is 1. The summed E-state index contributed by atoms with van der Waals surface area (Å²) < 4.78 is 33.5. The summed E-state index contributed by atoms with van der Waals surface area (Å²) >= 11 is 0. The largest absolute Gasteiger partial charge is 0.375 e. The molecule has 0 aromatic heterocycles. The van der Waals surface area contributed by atoms with E-state index in [1.165, 1.54) is 9.87 Å². The smallest absolute Gasteiger partial charge is 0.281 e. The van der Waals surface area contributed by atoms with Crippen LogP contribution in [0.1, 0.15) is 37.2 Å². The van der Waals surface area contributed by atoms with Crippen LogP contribution >= 0.6 is 0 Å². The van der Waals surface area contributed by atoms with Gasteiger partial charge in [0.1, 0.15) is 0 Å². The molecule has 1 aromatic rings. The Morgan fingerprint density at radius 1 is 1.17 bits per heavy atom. The maximum absolute atomic E-state index is 12.3. The third-order valence-corrected chi connectivity index (χ3v) is 7.13. The summed E-state index contributed by atoms with van der Waals surface area (Å²) in [5.74, 6) is 0.516. The van der Waals surface area contributed by atoms with E-state index >= 15 is 0 Å². The molecule has 2 aliphatic heterocycles. The zero-order valence-corrected chi connectivity index (χ0v) is 14.8. The van der Waals surface area contributed by atoms with Crippen molar-refractivity contribution < 1.29 is 13.2 Å². The molecule has 0 N–H and O–H groups in total. The number of nitrogens with zero attached hydrogens (tertiary/aromatic N) is 2. The molecule has 1 aromatic carbocycles. The van der Waals surface area contributed by atoms with Crippen molar-refractivity contribution in [2.45, 2.75) is 37.2 Å². The molecule has 0 unspecified atom stereocenters. The van der Waals surface area contributed by atoms with Crippen LogP contribution in [0.4, 0.5) is 0 Å². The lowest BCUT2D eigenvalue weighted by Gasteiger charge is -2.46. The fraction of sp³-hybridized carbons (Fsp3) is 0.647. The van der Waals surface area contributed by atoms with Crippen molar-refractivity contribution >= 4 is 10.2 Å². The molecule has 0 saturated carbocycles. The summed E-state index contributed by atoms with van der Waals surface area (Å²) in [7, 11) is -0.139. The van der Waals surface area contributed by atoms with Crippen LogP contribution in [0.25, 0.3) is 0 Å². The molecule has 3 rings (SSSR count). The van der Waals surface area contributed by atoms with Gasteiger partial charge in [-0.3, -0.25) is 0 Å². The standard InChI is InChI=1S/C17H26N2O3S/c1-18(2)23(20,21)19-11-9-17(10-12-19)14-16(8-13-22-17)15-6-4-3-5-7-15/h3-7,16H,8-14H2,1-2H3/t16-/m1/s1. The van der Waals surface area contributed by atoms with E-state index < -0.39 is 10.2 Å². The maximum Gasteiger partial charge on any atom is 0.281 e. The molecule has 5 nitrogen and oxygen atoms in total. The van der Waals surface area contributed by atoms with E-state index in [0.29, 0.717) is 19.0 Å². The Morgan fingerprint density at radius 3 is 2.43 bits per heavy atom. The van der Waals surface area contributed by atoms with Crippen molar-refractivity contribution in [2.24, 2.45) is 0 Å². The molecular weight excluding hydrogens is 312 g/mol. The Morgan fingerprint density at radius 2 is 1.83 bits per heavy atom. The first-order valence-electron chi connectivity index (χ1n) is 8.29. The molecule has 2 heterocycles. The highest BCUT2D eigenvalue weighted by atomic mass is 32.2. The van der Waals surface area contributed by atoms with E-state index in [4.69, 9.17) is 4.74 Å². The molecule has 1 atom stereocenters. The second-order valence-corrected chi connectivity index (χ2v) is 8.96. The Labute approximate surface area is 139 Å². The SMILES string of the molecule is CN(C)S(=O)(=O)N1CCC2(CC1)C[C@H](c1ccccc1)CCO2. The average molecular weight is 338 g/mol. The van der Waals surface area contributed by atoms with E-state index in [-0.39, 0.29) is 5.60 Å². The van der Waals surface area contributed by atoms with Crippen molar-refractivity contribution in [3.05, 3.63) is 35.9 Å². The summed E-state index contributed by atoms with van der Waals surface area (Å²) in [5, 5.41) is 0. The van der Waals surface area contributed by atoms with E-state index in [1.807, 2.05) is 6.07 Å². The molecular formula is C17H26N2O3S. The van der Waals surface area contributed by atoms with E-state index in [1.54, 1.807) is 18.4 Å². The number of piperidine rings is 1. The normalized spacial score (nSPS) is 25.8. The first kappa shape index (κ1) is 16.9. The van der Waals surface area contributed by atoms with Crippen molar-refractivity contribution in [1.82, 2.24) is 8.61 Å². The van der Waals surface area contributed by atoms with Crippen LogP contribution in [0.5, 0.6) is 0 Å². The highest BCUT2D eigenvalue weighted by molar-refractivity contribution is 7.86. The van der Waals surface area contributed by atoms with Gasteiger partial charge in [-0.25, -0.2) is 0 Å². The zero-order valence-electron chi connectivity index (χ0n) is 13.9. The quantitative estimate of drug-likeness (QED) is 0.849. The molecule has 2 aliphatic rings. The summed E-state index contributed by atoms with van der Waals surface area (Å²) in [6, 6.07) is 10.6. The number of rotatable bonds is 3. The highest BCUT2D eigenvalue weighted by Gasteiger charge is 2.43. The Balaban J connectivity index is 1.68. The third-order valence-electron chi connectivity index (χ3n) is 5.19. The van der Waals surface area contributed by atoms with Crippen LogP contribution in [0.3, 0.4) is 0 Å². The van der Waals surface area contributed by atoms with Crippen LogP contribution < -0.4 is 0 Å². The number of hydrogen-bond donors (Lipinski definition) is 0. The molecule has 128 valence electrons. The molecule has 0 aliphatic carbocycles. The van der Waals surface area contributed by atoms with E-state index in [2.05, 4.69) is 24.3 Å². The van der Waals surface area contributed by atoms with Crippen LogP contribution in [0.2, 0.25) is 0 Å². The van der Waals surface area contributed by atoms with Gasteiger partial charge in [-0.15, -0.1) is 0 Å². The van der Waals surface area contributed by atoms with Gasteiger partial charge in [-0.2, -0.15) is 17.0 Å². The van der Waals surface area contributed by atoms with Crippen LogP contribution in [0.15, 0.2) is 30.3 Å². The number of ether oxygens (including phenoxy) is 1. The second kappa shape index (κ2) is 6.51. The Hall–Kier alpha value is -0.950. The van der Waals surface area contributed by atoms with Crippen molar-refractivity contribution in [3.8, 4) is 0 Å². The van der Waals surface area contributed by atoms with Gasteiger partial charge in [0.25, 0.3) is 10.2 Å². The van der Waals surface area contributed by atoms with Gasteiger partial charge in [0.15, 0.2) is 0 Å². The van der Waals surface area contributed by atoms with Gasteiger partial charge in [0, 0.05) is 33.8 Å². The lowest BCUT2D eigenvalue weighted by atomic mass is 9.77. The molecule has 0 amide bonds. The summed E-state index contributed by atoms with van der Waals surface area (Å²) in [6.07, 6.45) is 3.60. The fourth-order valence-electron chi connectivity index (χ4n) is 3.74. The lowest BCUT2D eigenvalue weighted by Crippen LogP contribution is -2.52. The third kappa shape index (κ3) is 3.45. The Bertz CT molecular complexity index is 622. The number of hydrogen-bond acceptors (Lipinski definition) is 3. The topological polar surface area (TPSA) is 49.9 Å². The van der Waals surface area contributed by atoms with Gasteiger partial charge in [-0.05, 0) is 37.2 Å². The van der Waals surface area contributed by atoms with Gasteiger partial charge in [-0.1, -0.05) is 30.3 Å². The summed E-state index contributed by atoms with van der Waals surface area (Å²) in [5.41, 5.74) is 1.22. The van der Waals surface area contributed by atoms with E-state index in [0.717, 1.165) is 32.3 Å². The van der Waals surface area contributed by atoms with Crippen LogP contribution in [-0.2, 0) is 14.9 Å². The van der Waals surface area contributed by atoms with Gasteiger partial charge in [0.2, 0.25) is 0 Å². The first-order valence-corrected chi connectivity index (χ1v) is 9.69. The molecule has 0 bridgehead atoms. The molecule has 0 radical (unpaired) electrons. The zero-order chi connectivity index (χ0) is 16.5. The van der Waals surface area contributed by atoms with Gasteiger partial charge in [0.05, 0.1) is 5.60 Å². The van der Waals surface area contributed by atoms with Crippen molar-refractivity contribution in [3.63, 3.8) is 0 Å².